The zero-order chi connectivity index (χ0) is 24.6. The van der Waals surface area contributed by atoms with Gasteiger partial charge in [-0.15, -0.1) is 0 Å². The molecule has 32 heavy (non-hydrogen) atoms. The Kier molecular flexibility index (Phi) is 15.7. The van der Waals surface area contributed by atoms with Crippen molar-refractivity contribution in [3.8, 4) is 0 Å². The Morgan fingerprint density at radius 1 is 1.06 bits per heavy atom. The van der Waals surface area contributed by atoms with E-state index in [9.17, 15) is 14.4 Å². The third-order valence-corrected chi connectivity index (χ3v) is 5.05. The molecule has 1 aromatic rings. The number of ether oxygens (including phenoxy) is 2. The molecule has 1 rings (SSSR count). The third kappa shape index (κ3) is 15.8. The number of benzene rings is 1. The van der Waals surface area contributed by atoms with Crippen molar-refractivity contribution in [2.24, 2.45) is 5.73 Å². The van der Waals surface area contributed by atoms with Crippen LogP contribution in [0, 0.1) is 0 Å². The number of hydrogen-bond donors (Lipinski definition) is 3. The Balaban J connectivity index is 0.000000900. The average Bonchev–Trinajstić information content (AvgIpc) is 2.73. The number of esters is 1. The highest BCUT2D eigenvalue weighted by atomic mass is 32.2. The summed E-state index contributed by atoms with van der Waals surface area (Å²) in [5.74, 6) is 0.187. The fourth-order valence-electron chi connectivity index (χ4n) is 2.13. The van der Waals surface area contributed by atoms with Crippen LogP contribution in [-0.2, 0) is 25.7 Å². The first kappa shape index (κ1) is 30.1. The van der Waals surface area contributed by atoms with Crippen LogP contribution < -0.4 is 11.1 Å². The Hall–Kier alpha value is -1.91. The van der Waals surface area contributed by atoms with Crippen molar-refractivity contribution in [3.05, 3.63) is 35.9 Å². The number of amides is 1. The van der Waals surface area contributed by atoms with E-state index in [0.717, 1.165) is 17.1 Å². The number of nitrogens with two attached hydrogens (primary N) is 1. The highest BCUT2D eigenvalue weighted by Crippen LogP contribution is 2.10. The molecule has 0 aromatic heterocycles. The predicted molar refractivity (Wildman–Crippen MR) is 131 cm³/mol. The fraction of sp³-hybridized carbons (Fsp3) is 0.591. The summed E-state index contributed by atoms with van der Waals surface area (Å²) in [4.78, 5) is 34.2. The molecule has 182 valence electrons. The van der Waals surface area contributed by atoms with Crippen molar-refractivity contribution in [2.75, 3.05) is 24.0 Å². The van der Waals surface area contributed by atoms with E-state index >= 15 is 0 Å². The van der Waals surface area contributed by atoms with Crippen LogP contribution in [0.4, 0.5) is 4.79 Å². The van der Waals surface area contributed by atoms with Gasteiger partial charge in [-0.1, -0.05) is 30.3 Å². The first-order chi connectivity index (χ1) is 15.0. The van der Waals surface area contributed by atoms with Crippen molar-refractivity contribution in [1.82, 2.24) is 5.32 Å². The molecule has 0 radical (unpaired) electrons. The number of nitrogens with one attached hydrogen (secondary N) is 1. The summed E-state index contributed by atoms with van der Waals surface area (Å²) in [6.07, 6.45) is 4.30. The zero-order valence-electron chi connectivity index (χ0n) is 19.5. The average molecular weight is 489 g/mol. The van der Waals surface area contributed by atoms with Crippen LogP contribution in [0.1, 0.15) is 39.2 Å². The van der Waals surface area contributed by atoms with E-state index in [-0.39, 0.29) is 6.61 Å². The van der Waals surface area contributed by atoms with Gasteiger partial charge in [0.2, 0.25) is 0 Å². The van der Waals surface area contributed by atoms with E-state index < -0.39 is 35.7 Å². The summed E-state index contributed by atoms with van der Waals surface area (Å²) >= 11 is 3.21. The third-order valence-electron chi connectivity index (χ3n) is 3.76. The zero-order valence-corrected chi connectivity index (χ0v) is 21.1. The molecule has 0 fully saturated rings. The first-order valence-corrected chi connectivity index (χ1v) is 12.9. The Morgan fingerprint density at radius 3 is 2.12 bits per heavy atom. The molecule has 8 nitrogen and oxygen atoms in total. The number of carboxylic acids is 1. The molecule has 0 bridgehead atoms. The van der Waals surface area contributed by atoms with Crippen LogP contribution in [0.25, 0.3) is 0 Å². The van der Waals surface area contributed by atoms with Gasteiger partial charge in [0, 0.05) is 0 Å². The van der Waals surface area contributed by atoms with Gasteiger partial charge in [-0.3, -0.25) is 4.79 Å². The highest BCUT2D eigenvalue weighted by molar-refractivity contribution is 7.98. The summed E-state index contributed by atoms with van der Waals surface area (Å²) in [5.41, 5.74) is 5.49. The van der Waals surface area contributed by atoms with Crippen molar-refractivity contribution in [1.29, 1.82) is 0 Å². The molecular formula is C22H36N2O6S2. The first-order valence-electron chi connectivity index (χ1n) is 10.2. The second-order valence-corrected chi connectivity index (χ2v) is 9.77. The molecule has 0 heterocycles. The van der Waals surface area contributed by atoms with Gasteiger partial charge in [0.25, 0.3) is 0 Å². The van der Waals surface area contributed by atoms with E-state index in [1.54, 1.807) is 44.3 Å². The van der Waals surface area contributed by atoms with Crippen molar-refractivity contribution in [3.63, 3.8) is 0 Å². The molecule has 0 spiro atoms. The maximum atomic E-state index is 12.2. The second kappa shape index (κ2) is 16.7. The molecule has 4 N–H and O–H groups in total. The fourth-order valence-corrected chi connectivity index (χ4v) is 3.09. The molecule has 1 aromatic carbocycles. The van der Waals surface area contributed by atoms with E-state index in [2.05, 4.69) is 5.32 Å². The molecule has 0 saturated heterocycles. The van der Waals surface area contributed by atoms with Gasteiger partial charge >= 0.3 is 18.0 Å². The normalized spacial score (nSPS) is 12.6. The van der Waals surface area contributed by atoms with E-state index in [1.165, 1.54) is 0 Å². The number of thioether (sulfide) groups is 2. The molecule has 0 unspecified atom stereocenters. The molecule has 0 aliphatic heterocycles. The van der Waals surface area contributed by atoms with Gasteiger partial charge in [0.05, 0.1) is 0 Å². The lowest BCUT2D eigenvalue weighted by Gasteiger charge is -2.22. The van der Waals surface area contributed by atoms with Crippen LogP contribution in [0.2, 0.25) is 0 Å². The van der Waals surface area contributed by atoms with Crippen LogP contribution in [-0.4, -0.2) is 64.8 Å². The number of alkyl carbamates (subject to hydrolysis) is 1. The van der Waals surface area contributed by atoms with Crippen LogP contribution in [0.15, 0.2) is 30.3 Å². The number of aliphatic carboxylic acids is 1. The Morgan fingerprint density at radius 2 is 1.62 bits per heavy atom. The molecule has 2 atom stereocenters. The Bertz CT molecular complexity index is 683. The SMILES string of the molecule is CSCC[C@H](N)C(=O)O.CSCC[C@H](NC(=O)OC(C)(C)C)C(=O)OCc1ccccc1. The number of rotatable bonds is 11. The smallest absolute Gasteiger partial charge is 0.408 e. The number of carboxylic acid groups (broad SMARTS) is 1. The molecule has 0 aliphatic carbocycles. The lowest BCUT2D eigenvalue weighted by molar-refractivity contribution is -0.147. The van der Waals surface area contributed by atoms with E-state index in [0.29, 0.717) is 12.8 Å². The summed E-state index contributed by atoms with van der Waals surface area (Å²) in [6, 6.07) is 8.03. The van der Waals surface area contributed by atoms with Crippen molar-refractivity contribution < 1.29 is 29.0 Å². The molecule has 1 amide bonds. The maximum Gasteiger partial charge on any atom is 0.408 e. The molecule has 0 aliphatic rings. The van der Waals surface area contributed by atoms with Crippen LogP contribution >= 0.6 is 23.5 Å². The molecule has 10 heteroatoms. The number of hydrogen-bond acceptors (Lipinski definition) is 8. The minimum atomic E-state index is -0.913. The van der Waals surface area contributed by atoms with Gasteiger partial charge in [-0.25, -0.2) is 9.59 Å². The molecule has 0 saturated carbocycles. The number of carbonyl (C=O) groups is 3. The van der Waals surface area contributed by atoms with Gasteiger partial charge in [-0.05, 0) is 63.2 Å². The van der Waals surface area contributed by atoms with Crippen molar-refractivity contribution in [2.45, 2.75) is 57.9 Å². The monoisotopic (exact) mass is 488 g/mol. The lowest BCUT2D eigenvalue weighted by atomic mass is 10.2. The topological polar surface area (TPSA) is 128 Å². The van der Waals surface area contributed by atoms with Gasteiger partial charge in [0.15, 0.2) is 0 Å². The van der Waals surface area contributed by atoms with E-state index in [1.807, 2.05) is 42.8 Å². The van der Waals surface area contributed by atoms with E-state index in [4.69, 9.17) is 20.3 Å². The summed E-state index contributed by atoms with van der Waals surface area (Å²) in [7, 11) is 0. The van der Waals surface area contributed by atoms with Gasteiger partial charge in [-0.2, -0.15) is 23.5 Å². The number of carbonyl (C=O) groups excluding carboxylic acids is 2. The van der Waals surface area contributed by atoms with Gasteiger partial charge < -0.3 is 25.6 Å². The quantitative estimate of drug-likeness (QED) is 0.401. The maximum absolute atomic E-state index is 12.2. The minimum absolute atomic E-state index is 0.186. The van der Waals surface area contributed by atoms with Crippen LogP contribution in [0.3, 0.4) is 0 Å². The lowest BCUT2D eigenvalue weighted by Crippen LogP contribution is -2.44. The largest absolute Gasteiger partial charge is 0.480 e. The summed E-state index contributed by atoms with van der Waals surface area (Å²) in [6.45, 7) is 5.51. The second-order valence-electron chi connectivity index (χ2n) is 7.80. The van der Waals surface area contributed by atoms with Crippen LogP contribution in [0.5, 0.6) is 0 Å². The summed E-state index contributed by atoms with van der Waals surface area (Å²) in [5, 5.41) is 10.9. The highest BCUT2D eigenvalue weighted by Gasteiger charge is 2.25. The standard InChI is InChI=1S/C17H25NO4S.C5H11NO2S/c1-17(2,3)22-16(20)18-14(10-11-23-4)15(19)21-12-13-8-6-5-7-9-13;1-9-3-2-4(6)5(7)8/h5-9,14H,10-12H2,1-4H3,(H,18,20);4H,2-3,6H2,1H3,(H,7,8)/t14-;4-/m00/s1. The van der Waals surface area contributed by atoms with Crippen molar-refractivity contribution >= 4 is 41.6 Å². The van der Waals surface area contributed by atoms with Gasteiger partial charge in [0.1, 0.15) is 24.3 Å². The Labute approximate surface area is 199 Å². The summed E-state index contributed by atoms with van der Waals surface area (Å²) < 4.78 is 10.5. The molecular weight excluding hydrogens is 452 g/mol. The predicted octanol–water partition coefficient (Wildman–Crippen LogP) is 3.53. The minimum Gasteiger partial charge on any atom is -0.480 e.